The van der Waals surface area contributed by atoms with E-state index in [9.17, 15) is 5.11 Å². The first-order chi connectivity index (χ1) is 15.6. The number of likely N-dealkylation sites (tertiary alicyclic amines) is 1. The molecule has 190 valence electrons. The SMILES string of the molecule is COc1ccc(N)cc1OCC(O)CN1CCC(c2ccc(OC3CCCC3)cc2)CC1.Cl.Cl. The standard InChI is InChI=1S/C26H36N2O4.2ClH/c1-30-25-11-8-21(27)16-26(25)31-18-22(29)17-28-14-12-20(13-15-28)19-6-9-24(10-7-19)32-23-4-2-3-5-23;;/h6-11,16,20,22-23,29H,2-5,12-15,17-18,27H2,1H3;2*1H. The van der Waals surface area contributed by atoms with Crippen LogP contribution in [0.2, 0.25) is 0 Å². The Labute approximate surface area is 215 Å². The van der Waals surface area contributed by atoms with Crippen molar-refractivity contribution in [1.82, 2.24) is 4.90 Å². The summed E-state index contributed by atoms with van der Waals surface area (Å²) in [7, 11) is 1.59. The van der Waals surface area contributed by atoms with E-state index in [1.165, 1.54) is 31.2 Å². The minimum atomic E-state index is -0.565. The van der Waals surface area contributed by atoms with Crippen LogP contribution in [0, 0.1) is 0 Å². The average Bonchev–Trinajstić information content (AvgIpc) is 3.32. The maximum Gasteiger partial charge on any atom is 0.163 e. The Morgan fingerprint density at radius 3 is 2.29 bits per heavy atom. The van der Waals surface area contributed by atoms with Gasteiger partial charge in [-0.2, -0.15) is 0 Å². The summed E-state index contributed by atoms with van der Waals surface area (Å²) in [4.78, 5) is 2.32. The van der Waals surface area contributed by atoms with Crippen molar-refractivity contribution in [2.24, 2.45) is 0 Å². The molecule has 2 aromatic rings. The fourth-order valence-electron chi connectivity index (χ4n) is 4.81. The molecule has 3 N–H and O–H groups in total. The van der Waals surface area contributed by atoms with Crippen molar-refractivity contribution in [2.75, 3.05) is 39.1 Å². The van der Waals surface area contributed by atoms with Crippen LogP contribution in [0.3, 0.4) is 0 Å². The molecule has 0 radical (unpaired) electrons. The number of hydrogen-bond acceptors (Lipinski definition) is 6. The molecule has 0 spiro atoms. The largest absolute Gasteiger partial charge is 0.493 e. The monoisotopic (exact) mass is 512 g/mol. The molecule has 8 heteroatoms. The van der Waals surface area contributed by atoms with E-state index in [2.05, 4.69) is 29.2 Å². The van der Waals surface area contributed by atoms with Gasteiger partial charge in [-0.25, -0.2) is 0 Å². The zero-order valence-electron chi connectivity index (χ0n) is 19.9. The van der Waals surface area contributed by atoms with E-state index in [4.69, 9.17) is 19.9 Å². The lowest BCUT2D eigenvalue weighted by Gasteiger charge is -2.33. The van der Waals surface area contributed by atoms with Crippen LogP contribution in [0.1, 0.15) is 50.0 Å². The molecule has 2 fully saturated rings. The molecular weight excluding hydrogens is 475 g/mol. The number of β-amino-alcohol motifs (C(OH)–C–C–N with tert-alkyl or cyclic N) is 1. The number of halogens is 2. The molecule has 1 saturated heterocycles. The quantitative estimate of drug-likeness (QED) is 0.457. The highest BCUT2D eigenvalue weighted by Crippen LogP contribution is 2.31. The van der Waals surface area contributed by atoms with E-state index in [0.717, 1.165) is 31.7 Å². The molecule has 0 aromatic heterocycles. The highest BCUT2D eigenvalue weighted by Gasteiger charge is 2.23. The Morgan fingerprint density at radius 2 is 1.65 bits per heavy atom. The summed E-state index contributed by atoms with van der Waals surface area (Å²) in [5.74, 6) is 2.74. The molecular formula is C26H38Cl2N2O4. The van der Waals surface area contributed by atoms with Gasteiger partial charge in [-0.3, -0.25) is 0 Å². The number of rotatable bonds is 9. The van der Waals surface area contributed by atoms with E-state index in [-0.39, 0.29) is 31.4 Å². The van der Waals surface area contributed by atoms with Crippen molar-refractivity contribution < 1.29 is 19.3 Å². The maximum atomic E-state index is 10.5. The first-order valence-electron chi connectivity index (χ1n) is 11.8. The van der Waals surface area contributed by atoms with Gasteiger partial charge in [0.25, 0.3) is 0 Å². The topological polar surface area (TPSA) is 77.2 Å². The van der Waals surface area contributed by atoms with Gasteiger partial charge in [-0.05, 0) is 87.4 Å². The Kier molecular flexibility index (Phi) is 11.6. The van der Waals surface area contributed by atoms with Gasteiger partial charge in [0, 0.05) is 18.3 Å². The van der Waals surface area contributed by atoms with Gasteiger partial charge < -0.3 is 30.0 Å². The predicted molar refractivity (Wildman–Crippen MR) is 141 cm³/mol. The van der Waals surface area contributed by atoms with Crippen molar-refractivity contribution in [2.45, 2.75) is 56.7 Å². The number of anilines is 1. The molecule has 4 rings (SSSR count). The molecule has 1 aliphatic carbocycles. The number of hydrogen-bond donors (Lipinski definition) is 2. The molecule has 2 aliphatic rings. The molecule has 0 amide bonds. The van der Waals surface area contributed by atoms with Crippen LogP contribution in [0.15, 0.2) is 42.5 Å². The minimum Gasteiger partial charge on any atom is -0.493 e. The minimum absolute atomic E-state index is 0. The highest BCUT2D eigenvalue weighted by atomic mass is 35.5. The van der Waals surface area contributed by atoms with Gasteiger partial charge in [0.05, 0.1) is 13.2 Å². The van der Waals surface area contributed by atoms with Crippen LogP contribution in [-0.2, 0) is 0 Å². The number of methoxy groups -OCH3 is 1. The number of nitrogen functional groups attached to an aromatic ring is 1. The first kappa shape index (κ1) is 28.4. The molecule has 0 bridgehead atoms. The molecule has 6 nitrogen and oxygen atoms in total. The lowest BCUT2D eigenvalue weighted by molar-refractivity contribution is 0.0586. The van der Waals surface area contributed by atoms with Gasteiger partial charge in [-0.1, -0.05) is 12.1 Å². The predicted octanol–water partition coefficient (Wildman–Crippen LogP) is 5.06. The van der Waals surface area contributed by atoms with Crippen molar-refractivity contribution in [3.05, 3.63) is 48.0 Å². The van der Waals surface area contributed by atoms with Crippen molar-refractivity contribution >= 4 is 30.5 Å². The molecule has 1 atom stereocenters. The zero-order chi connectivity index (χ0) is 22.3. The van der Waals surface area contributed by atoms with Gasteiger partial charge in [-0.15, -0.1) is 24.8 Å². The smallest absolute Gasteiger partial charge is 0.163 e. The number of aliphatic hydroxyl groups excluding tert-OH is 1. The summed E-state index contributed by atoms with van der Waals surface area (Å²) < 4.78 is 17.2. The maximum absolute atomic E-state index is 10.5. The lowest BCUT2D eigenvalue weighted by atomic mass is 9.89. The molecule has 34 heavy (non-hydrogen) atoms. The van der Waals surface area contributed by atoms with E-state index in [0.29, 0.717) is 35.8 Å². The summed E-state index contributed by atoms with van der Waals surface area (Å²) in [6, 6.07) is 14.0. The highest BCUT2D eigenvalue weighted by molar-refractivity contribution is 5.85. The molecule has 1 unspecified atom stereocenters. The fourth-order valence-corrected chi connectivity index (χ4v) is 4.81. The van der Waals surface area contributed by atoms with Crippen LogP contribution in [0.5, 0.6) is 17.2 Å². The fraction of sp³-hybridized carbons (Fsp3) is 0.538. The number of ether oxygens (including phenoxy) is 3. The number of nitrogens with zero attached hydrogens (tertiary/aromatic N) is 1. The first-order valence-corrected chi connectivity index (χ1v) is 11.8. The van der Waals surface area contributed by atoms with E-state index in [1.54, 1.807) is 25.3 Å². The average molecular weight is 514 g/mol. The van der Waals surface area contributed by atoms with Gasteiger partial charge in [0.1, 0.15) is 18.5 Å². The third-order valence-corrected chi connectivity index (χ3v) is 6.63. The summed E-state index contributed by atoms with van der Waals surface area (Å²) in [6.07, 6.45) is 6.98. The zero-order valence-corrected chi connectivity index (χ0v) is 21.5. The second kappa shape index (κ2) is 13.9. The van der Waals surface area contributed by atoms with Crippen LogP contribution in [0.4, 0.5) is 5.69 Å². The van der Waals surface area contributed by atoms with Crippen LogP contribution in [0.25, 0.3) is 0 Å². The van der Waals surface area contributed by atoms with E-state index >= 15 is 0 Å². The van der Waals surface area contributed by atoms with Crippen molar-refractivity contribution in [1.29, 1.82) is 0 Å². The number of aliphatic hydroxyl groups is 1. The number of piperidine rings is 1. The van der Waals surface area contributed by atoms with Gasteiger partial charge >= 0.3 is 0 Å². The summed E-state index contributed by atoms with van der Waals surface area (Å²) in [5.41, 5.74) is 7.83. The van der Waals surface area contributed by atoms with E-state index in [1.807, 2.05) is 0 Å². The summed E-state index contributed by atoms with van der Waals surface area (Å²) in [5, 5.41) is 10.5. The summed E-state index contributed by atoms with van der Waals surface area (Å²) >= 11 is 0. The van der Waals surface area contributed by atoms with Crippen LogP contribution in [-0.4, -0.2) is 55.6 Å². The van der Waals surface area contributed by atoms with Crippen LogP contribution < -0.4 is 19.9 Å². The van der Waals surface area contributed by atoms with Gasteiger partial charge in [0.15, 0.2) is 11.5 Å². The van der Waals surface area contributed by atoms with Crippen molar-refractivity contribution in [3.63, 3.8) is 0 Å². The van der Waals surface area contributed by atoms with E-state index < -0.39 is 6.10 Å². The molecule has 1 heterocycles. The van der Waals surface area contributed by atoms with Crippen LogP contribution >= 0.6 is 24.8 Å². The Hall–Kier alpha value is -1.86. The molecule has 1 saturated carbocycles. The molecule has 2 aromatic carbocycles. The number of nitrogens with two attached hydrogens (primary N) is 1. The number of benzene rings is 2. The summed E-state index contributed by atoms with van der Waals surface area (Å²) in [6.45, 7) is 2.76. The molecule has 1 aliphatic heterocycles. The Morgan fingerprint density at radius 1 is 0.971 bits per heavy atom. The Bertz CT molecular complexity index is 854. The normalized spacial score (nSPS) is 17.9. The third-order valence-electron chi connectivity index (χ3n) is 6.63. The van der Waals surface area contributed by atoms with Gasteiger partial charge in [0.2, 0.25) is 0 Å². The van der Waals surface area contributed by atoms with Crippen molar-refractivity contribution in [3.8, 4) is 17.2 Å². The lowest BCUT2D eigenvalue weighted by Crippen LogP contribution is -2.40. The Balaban J connectivity index is 0.00000204. The second-order valence-corrected chi connectivity index (χ2v) is 9.04. The third kappa shape index (κ3) is 7.84. The second-order valence-electron chi connectivity index (χ2n) is 9.04.